The second kappa shape index (κ2) is 8.35. The van der Waals surface area contributed by atoms with Gasteiger partial charge in [-0.2, -0.15) is 0 Å². The van der Waals surface area contributed by atoms with Crippen molar-refractivity contribution >= 4 is 21.6 Å². The maximum Gasteiger partial charge on any atom is 0.261 e. The molecule has 8 heteroatoms. The molecule has 4 rings (SSSR count). The van der Waals surface area contributed by atoms with Crippen LogP contribution in [0.3, 0.4) is 0 Å². The molecule has 2 aliphatic rings. The Bertz CT molecular complexity index is 1030. The van der Waals surface area contributed by atoms with Crippen molar-refractivity contribution < 1.29 is 17.6 Å². The van der Waals surface area contributed by atoms with Crippen LogP contribution in [0.15, 0.2) is 47.4 Å². The van der Waals surface area contributed by atoms with E-state index in [2.05, 4.69) is 9.62 Å². The number of anilines is 1. The smallest absolute Gasteiger partial charge is 0.261 e. The summed E-state index contributed by atoms with van der Waals surface area (Å²) in [6.07, 6.45) is 2.66. The number of rotatable bonds is 6. The van der Waals surface area contributed by atoms with Crippen LogP contribution < -0.4 is 4.72 Å². The van der Waals surface area contributed by atoms with Crippen LogP contribution in [-0.4, -0.2) is 56.8 Å². The second-order valence-electron chi connectivity index (χ2n) is 8.13. The van der Waals surface area contributed by atoms with E-state index in [0.717, 1.165) is 31.6 Å². The molecule has 30 heavy (non-hydrogen) atoms. The molecule has 1 aliphatic heterocycles. The molecule has 0 bridgehead atoms. The maximum absolute atomic E-state index is 13.4. The van der Waals surface area contributed by atoms with Crippen LogP contribution in [0.4, 0.5) is 10.1 Å². The molecule has 0 radical (unpaired) electrons. The van der Waals surface area contributed by atoms with Gasteiger partial charge >= 0.3 is 0 Å². The van der Waals surface area contributed by atoms with Crippen molar-refractivity contribution in [3.8, 4) is 0 Å². The van der Waals surface area contributed by atoms with Crippen molar-refractivity contribution in [2.75, 3.05) is 37.4 Å². The molecule has 160 valence electrons. The van der Waals surface area contributed by atoms with Crippen LogP contribution in [0.25, 0.3) is 0 Å². The Morgan fingerprint density at radius 1 is 1.07 bits per heavy atom. The molecule has 6 nitrogen and oxygen atoms in total. The van der Waals surface area contributed by atoms with Crippen molar-refractivity contribution in [3.05, 3.63) is 59.4 Å². The van der Waals surface area contributed by atoms with Gasteiger partial charge in [0, 0.05) is 44.0 Å². The van der Waals surface area contributed by atoms with Gasteiger partial charge in [0.1, 0.15) is 5.82 Å². The van der Waals surface area contributed by atoms with Crippen molar-refractivity contribution in [3.63, 3.8) is 0 Å². The fourth-order valence-electron chi connectivity index (χ4n) is 3.66. The third-order valence-electron chi connectivity index (χ3n) is 5.70. The maximum atomic E-state index is 13.4. The highest BCUT2D eigenvalue weighted by Gasteiger charge is 2.28. The molecule has 2 aromatic rings. The highest BCUT2D eigenvalue weighted by atomic mass is 32.2. The number of hydrogen-bond acceptors (Lipinski definition) is 4. The quantitative estimate of drug-likeness (QED) is 0.763. The van der Waals surface area contributed by atoms with Crippen molar-refractivity contribution in [1.82, 2.24) is 9.80 Å². The summed E-state index contributed by atoms with van der Waals surface area (Å²) < 4.78 is 40.9. The summed E-state index contributed by atoms with van der Waals surface area (Å²) in [4.78, 5) is 17.0. The molecule has 1 heterocycles. The highest BCUT2D eigenvalue weighted by molar-refractivity contribution is 7.92. The van der Waals surface area contributed by atoms with Gasteiger partial charge in [-0.25, -0.2) is 12.8 Å². The molecule has 0 aromatic heterocycles. The molecule has 1 saturated heterocycles. The number of sulfonamides is 1. The van der Waals surface area contributed by atoms with Gasteiger partial charge in [0.15, 0.2) is 0 Å². The lowest BCUT2D eigenvalue weighted by Gasteiger charge is -2.34. The van der Waals surface area contributed by atoms with Crippen LogP contribution in [-0.2, 0) is 10.0 Å². The predicted molar refractivity (Wildman–Crippen MR) is 113 cm³/mol. The Kier molecular flexibility index (Phi) is 5.79. The molecular formula is C22H26FN3O3S. The van der Waals surface area contributed by atoms with E-state index < -0.39 is 15.8 Å². The van der Waals surface area contributed by atoms with Crippen molar-refractivity contribution in [2.24, 2.45) is 5.92 Å². The first-order valence-corrected chi connectivity index (χ1v) is 11.7. The molecular weight excluding hydrogens is 405 g/mol. The van der Waals surface area contributed by atoms with Gasteiger partial charge in [-0.3, -0.25) is 14.4 Å². The Hall–Kier alpha value is -2.45. The van der Waals surface area contributed by atoms with Gasteiger partial charge in [-0.1, -0.05) is 0 Å². The van der Waals surface area contributed by atoms with E-state index in [-0.39, 0.29) is 16.4 Å². The fraction of sp³-hybridized carbons (Fsp3) is 0.409. The minimum Gasteiger partial charge on any atom is -0.336 e. The van der Waals surface area contributed by atoms with E-state index in [0.29, 0.717) is 24.3 Å². The van der Waals surface area contributed by atoms with E-state index in [1.54, 1.807) is 24.3 Å². The van der Waals surface area contributed by atoms with E-state index in [1.807, 2.05) is 4.90 Å². The SMILES string of the molecule is Cc1cc(S(=O)(=O)Nc2ccc(C(=O)N3CCN(CC4CC4)CC3)cc2)ccc1F. The van der Waals surface area contributed by atoms with Gasteiger partial charge in [0.05, 0.1) is 4.90 Å². The van der Waals surface area contributed by atoms with Gasteiger partial charge < -0.3 is 4.90 Å². The number of piperazine rings is 1. The molecule has 2 aromatic carbocycles. The fourth-order valence-corrected chi connectivity index (χ4v) is 4.80. The van der Waals surface area contributed by atoms with Crippen molar-refractivity contribution in [1.29, 1.82) is 0 Å². The zero-order valence-corrected chi connectivity index (χ0v) is 17.8. The molecule has 1 amide bonds. The average Bonchev–Trinajstić information content (AvgIpc) is 3.54. The summed E-state index contributed by atoms with van der Waals surface area (Å²) in [7, 11) is -3.83. The van der Waals surface area contributed by atoms with Crippen LogP contribution >= 0.6 is 0 Å². The zero-order chi connectivity index (χ0) is 21.3. The molecule has 1 aliphatic carbocycles. The predicted octanol–water partition coefficient (Wildman–Crippen LogP) is 3.10. The topological polar surface area (TPSA) is 69.7 Å². The number of halogens is 1. The number of hydrogen-bond donors (Lipinski definition) is 1. The largest absolute Gasteiger partial charge is 0.336 e. The van der Waals surface area contributed by atoms with E-state index in [4.69, 9.17) is 0 Å². The second-order valence-corrected chi connectivity index (χ2v) is 9.81. The third kappa shape index (κ3) is 4.82. The Balaban J connectivity index is 1.37. The summed E-state index contributed by atoms with van der Waals surface area (Å²) in [5.74, 6) is 0.359. The van der Waals surface area contributed by atoms with E-state index in [1.165, 1.54) is 31.9 Å². The normalized spacial score (nSPS) is 17.7. The lowest BCUT2D eigenvalue weighted by Crippen LogP contribution is -2.49. The summed E-state index contributed by atoms with van der Waals surface area (Å²) >= 11 is 0. The summed E-state index contributed by atoms with van der Waals surface area (Å²) in [6.45, 7) is 5.88. The highest BCUT2D eigenvalue weighted by Crippen LogP contribution is 2.30. The van der Waals surface area contributed by atoms with Crippen LogP contribution in [0.1, 0.15) is 28.8 Å². The minimum atomic E-state index is -3.83. The van der Waals surface area contributed by atoms with Crippen LogP contribution in [0.2, 0.25) is 0 Å². The number of amides is 1. The first-order chi connectivity index (χ1) is 14.3. The van der Waals surface area contributed by atoms with Gasteiger partial charge in [0.2, 0.25) is 0 Å². The lowest BCUT2D eigenvalue weighted by atomic mass is 10.1. The summed E-state index contributed by atoms with van der Waals surface area (Å²) in [5, 5.41) is 0. The minimum absolute atomic E-state index is 0.00868. The first-order valence-electron chi connectivity index (χ1n) is 10.2. The monoisotopic (exact) mass is 431 g/mol. The standard InChI is InChI=1S/C22H26FN3O3S/c1-16-14-20(8-9-21(16)23)30(28,29)24-19-6-4-18(5-7-19)22(27)26-12-10-25(11-13-26)15-17-2-3-17/h4-9,14,17,24H,2-3,10-13,15H2,1H3. The molecule has 1 saturated carbocycles. The summed E-state index contributed by atoms with van der Waals surface area (Å²) in [6, 6.07) is 10.1. The first kappa shape index (κ1) is 20.8. The zero-order valence-electron chi connectivity index (χ0n) is 17.0. The number of nitrogens with one attached hydrogen (secondary N) is 1. The number of benzene rings is 2. The average molecular weight is 432 g/mol. The van der Waals surface area contributed by atoms with E-state index >= 15 is 0 Å². The number of carbonyl (C=O) groups is 1. The van der Waals surface area contributed by atoms with Crippen molar-refractivity contribution in [2.45, 2.75) is 24.7 Å². The Labute approximate surface area is 176 Å². The van der Waals surface area contributed by atoms with Gasteiger partial charge in [0.25, 0.3) is 15.9 Å². The number of aryl methyl sites for hydroxylation is 1. The molecule has 1 N–H and O–H groups in total. The summed E-state index contributed by atoms with van der Waals surface area (Å²) in [5.41, 5.74) is 1.14. The van der Waals surface area contributed by atoms with Crippen LogP contribution in [0, 0.1) is 18.7 Å². The van der Waals surface area contributed by atoms with Gasteiger partial charge in [-0.15, -0.1) is 0 Å². The number of nitrogens with zero attached hydrogens (tertiary/aromatic N) is 2. The molecule has 0 atom stereocenters. The van der Waals surface area contributed by atoms with E-state index in [9.17, 15) is 17.6 Å². The third-order valence-corrected chi connectivity index (χ3v) is 7.08. The molecule has 2 fully saturated rings. The Morgan fingerprint density at radius 2 is 1.73 bits per heavy atom. The number of carbonyl (C=O) groups excluding carboxylic acids is 1. The molecule has 0 unspecified atom stereocenters. The van der Waals surface area contributed by atoms with Gasteiger partial charge in [-0.05, 0) is 73.7 Å². The molecule has 0 spiro atoms. The van der Waals surface area contributed by atoms with Crippen LogP contribution in [0.5, 0.6) is 0 Å². The lowest BCUT2D eigenvalue weighted by molar-refractivity contribution is 0.0632. The Morgan fingerprint density at radius 3 is 2.33 bits per heavy atom.